The zero-order valence-corrected chi connectivity index (χ0v) is 12.1. The quantitative estimate of drug-likeness (QED) is 0.508. The molecule has 3 rings (SSSR count). The van der Waals surface area contributed by atoms with Gasteiger partial charge < -0.3 is 5.32 Å². The zero-order valence-electron chi connectivity index (χ0n) is 11.3. The van der Waals surface area contributed by atoms with Crippen molar-refractivity contribution in [2.24, 2.45) is 5.84 Å². The first-order valence-corrected chi connectivity index (χ1v) is 7.11. The minimum absolute atomic E-state index is 0.409. The average molecular weight is 285 g/mol. The number of nitrogen functional groups attached to an aromatic ring is 1. The van der Waals surface area contributed by atoms with E-state index in [0.717, 1.165) is 21.7 Å². The van der Waals surface area contributed by atoms with Gasteiger partial charge in [-0.1, -0.05) is 6.07 Å². The third kappa shape index (κ3) is 2.31. The van der Waals surface area contributed by atoms with Gasteiger partial charge in [-0.25, -0.2) is 10.8 Å². The predicted molar refractivity (Wildman–Crippen MR) is 84.4 cm³/mol. The van der Waals surface area contributed by atoms with E-state index in [9.17, 15) is 0 Å². The van der Waals surface area contributed by atoms with Crippen molar-refractivity contribution in [1.29, 1.82) is 0 Å². The van der Waals surface area contributed by atoms with Gasteiger partial charge in [-0.15, -0.1) is 11.3 Å². The van der Waals surface area contributed by atoms with E-state index in [4.69, 9.17) is 5.84 Å². The molecule has 5 nitrogen and oxygen atoms in total. The van der Waals surface area contributed by atoms with E-state index in [0.29, 0.717) is 5.95 Å². The summed E-state index contributed by atoms with van der Waals surface area (Å²) < 4.78 is 0. The largest absolute Gasteiger partial charge is 0.340 e. The molecule has 3 aromatic rings. The van der Waals surface area contributed by atoms with Crippen LogP contribution in [0.15, 0.2) is 29.6 Å². The van der Waals surface area contributed by atoms with Crippen molar-refractivity contribution in [2.45, 2.75) is 13.8 Å². The fourth-order valence-corrected chi connectivity index (χ4v) is 2.74. The molecule has 4 N–H and O–H groups in total. The number of hydrogen-bond acceptors (Lipinski definition) is 6. The summed E-state index contributed by atoms with van der Waals surface area (Å²) in [6.45, 7) is 4.19. The topological polar surface area (TPSA) is 75.9 Å². The van der Waals surface area contributed by atoms with Crippen molar-refractivity contribution in [1.82, 2.24) is 9.97 Å². The molecule has 0 spiro atoms. The molecule has 0 bridgehead atoms. The van der Waals surface area contributed by atoms with Crippen LogP contribution in [0.2, 0.25) is 0 Å². The van der Waals surface area contributed by atoms with Crippen molar-refractivity contribution < 1.29 is 0 Å². The summed E-state index contributed by atoms with van der Waals surface area (Å²) in [7, 11) is 0. The second-order valence-electron chi connectivity index (χ2n) is 4.60. The van der Waals surface area contributed by atoms with Gasteiger partial charge in [-0.3, -0.25) is 5.43 Å². The van der Waals surface area contributed by atoms with Crippen molar-refractivity contribution in [3.63, 3.8) is 0 Å². The van der Waals surface area contributed by atoms with Crippen molar-refractivity contribution in [3.05, 3.63) is 40.8 Å². The summed E-state index contributed by atoms with van der Waals surface area (Å²) in [6.07, 6.45) is 0. The number of hydrogen-bond donors (Lipinski definition) is 3. The first kappa shape index (κ1) is 12.8. The van der Waals surface area contributed by atoms with Crippen molar-refractivity contribution in [3.8, 4) is 0 Å². The maximum Gasteiger partial charge on any atom is 0.240 e. The van der Waals surface area contributed by atoms with E-state index >= 15 is 0 Å². The molecule has 0 aliphatic heterocycles. The number of fused-ring (bicyclic) bond motifs is 1. The normalized spacial score (nSPS) is 10.8. The molecule has 20 heavy (non-hydrogen) atoms. The van der Waals surface area contributed by atoms with Crippen LogP contribution < -0.4 is 16.6 Å². The highest BCUT2D eigenvalue weighted by Crippen LogP contribution is 2.29. The molecule has 6 heteroatoms. The first-order valence-electron chi connectivity index (χ1n) is 6.23. The van der Waals surface area contributed by atoms with Crippen LogP contribution in [-0.4, -0.2) is 9.97 Å². The predicted octanol–water partition coefficient (Wildman–Crippen LogP) is 3.34. The van der Waals surface area contributed by atoms with Crippen LogP contribution in [0.25, 0.3) is 10.2 Å². The highest BCUT2D eigenvalue weighted by atomic mass is 32.1. The van der Waals surface area contributed by atoms with E-state index in [1.54, 1.807) is 11.3 Å². The Hall–Kier alpha value is -2.18. The number of anilines is 3. The number of rotatable bonds is 3. The summed E-state index contributed by atoms with van der Waals surface area (Å²) in [5.41, 5.74) is 6.01. The first-order chi connectivity index (χ1) is 9.67. The fraction of sp³-hybridized carbons (Fsp3) is 0.143. The molecule has 0 aliphatic carbocycles. The lowest BCUT2D eigenvalue weighted by molar-refractivity contribution is 1.16. The Bertz CT molecular complexity index is 765. The maximum atomic E-state index is 5.42. The Morgan fingerprint density at radius 3 is 2.70 bits per heavy atom. The lowest BCUT2D eigenvalue weighted by Crippen LogP contribution is -2.11. The molecular weight excluding hydrogens is 270 g/mol. The van der Waals surface area contributed by atoms with Gasteiger partial charge in [0.2, 0.25) is 5.95 Å². The summed E-state index contributed by atoms with van der Waals surface area (Å²) in [5, 5.41) is 6.32. The molecule has 1 aromatic carbocycles. The molecule has 2 heterocycles. The Labute approximate surface area is 120 Å². The van der Waals surface area contributed by atoms with Crippen LogP contribution in [-0.2, 0) is 0 Å². The van der Waals surface area contributed by atoms with Crippen LogP contribution in [0, 0.1) is 13.8 Å². The molecule has 0 amide bonds. The fourth-order valence-electron chi connectivity index (χ4n) is 1.97. The van der Waals surface area contributed by atoms with E-state index in [-0.39, 0.29) is 0 Å². The number of aryl methyl sites for hydroxylation is 2. The van der Waals surface area contributed by atoms with Gasteiger partial charge in [0.1, 0.15) is 10.6 Å². The van der Waals surface area contributed by atoms with Crippen molar-refractivity contribution >= 4 is 39.0 Å². The summed E-state index contributed by atoms with van der Waals surface area (Å²) in [6, 6.07) is 8.23. The molecule has 0 fully saturated rings. The third-order valence-electron chi connectivity index (χ3n) is 3.22. The van der Waals surface area contributed by atoms with Crippen molar-refractivity contribution in [2.75, 3.05) is 10.7 Å². The SMILES string of the molecule is Cc1ccc(Nc2nc(NN)nc3sccc23)cc1C. The number of thiophene rings is 1. The van der Waals surface area contributed by atoms with Gasteiger partial charge in [0.05, 0.1) is 5.39 Å². The number of nitrogens with zero attached hydrogens (tertiary/aromatic N) is 2. The lowest BCUT2D eigenvalue weighted by atomic mass is 10.1. The molecule has 0 saturated heterocycles. The molecular formula is C14H15N5S. The van der Waals surface area contributed by atoms with E-state index in [1.807, 2.05) is 17.5 Å². The van der Waals surface area contributed by atoms with Gasteiger partial charge >= 0.3 is 0 Å². The standard InChI is InChI=1S/C14H15N5S/c1-8-3-4-10(7-9(8)2)16-12-11-5-6-20-13(11)18-14(17-12)19-15/h3-7H,15H2,1-2H3,(H2,16,17,18,19). The maximum absolute atomic E-state index is 5.42. The Kier molecular flexibility index (Phi) is 3.25. The van der Waals surface area contributed by atoms with Crippen LogP contribution in [0.4, 0.5) is 17.5 Å². The Balaban J connectivity index is 2.04. The molecule has 0 unspecified atom stereocenters. The molecule has 102 valence electrons. The third-order valence-corrected chi connectivity index (χ3v) is 4.03. The lowest BCUT2D eigenvalue weighted by Gasteiger charge is -2.10. The second kappa shape index (κ2) is 5.07. The Morgan fingerprint density at radius 1 is 1.10 bits per heavy atom. The van der Waals surface area contributed by atoms with Crippen LogP contribution in [0.3, 0.4) is 0 Å². The number of benzene rings is 1. The number of aromatic nitrogens is 2. The van der Waals surface area contributed by atoms with Gasteiger partial charge in [-0.05, 0) is 48.6 Å². The molecule has 2 aromatic heterocycles. The number of nitrogens with two attached hydrogens (primary N) is 1. The minimum atomic E-state index is 0.409. The van der Waals surface area contributed by atoms with E-state index in [2.05, 4.69) is 46.7 Å². The second-order valence-corrected chi connectivity index (χ2v) is 5.50. The summed E-state index contributed by atoms with van der Waals surface area (Å²) >= 11 is 1.56. The van der Waals surface area contributed by atoms with Gasteiger partial charge in [0.25, 0.3) is 0 Å². The number of nitrogens with one attached hydrogen (secondary N) is 2. The summed E-state index contributed by atoms with van der Waals surface area (Å²) in [4.78, 5) is 9.61. The molecule has 0 radical (unpaired) electrons. The zero-order chi connectivity index (χ0) is 14.1. The van der Waals surface area contributed by atoms with E-state index < -0.39 is 0 Å². The van der Waals surface area contributed by atoms with Gasteiger partial charge in [-0.2, -0.15) is 4.98 Å². The minimum Gasteiger partial charge on any atom is -0.340 e. The Morgan fingerprint density at radius 2 is 1.95 bits per heavy atom. The molecule has 0 saturated carbocycles. The van der Waals surface area contributed by atoms with Crippen LogP contribution >= 0.6 is 11.3 Å². The highest BCUT2D eigenvalue weighted by molar-refractivity contribution is 7.16. The average Bonchev–Trinajstić information content (AvgIpc) is 2.91. The van der Waals surface area contributed by atoms with Gasteiger partial charge in [0, 0.05) is 5.69 Å². The summed E-state index contributed by atoms with van der Waals surface area (Å²) in [5.74, 6) is 6.58. The van der Waals surface area contributed by atoms with Crippen LogP contribution in [0.5, 0.6) is 0 Å². The van der Waals surface area contributed by atoms with Gasteiger partial charge in [0.15, 0.2) is 0 Å². The highest BCUT2D eigenvalue weighted by Gasteiger charge is 2.09. The monoisotopic (exact) mass is 285 g/mol. The number of hydrazine groups is 1. The molecule has 0 atom stereocenters. The smallest absolute Gasteiger partial charge is 0.240 e. The molecule has 0 aliphatic rings. The van der Waals surface area contributed by atoms with E-state index in [1.165, 1.54) is 11.1 Å². The van der Waals surface area contributed by atoms with Crippen LogP contribution in [0.1, 0.15) is 11.1 Å².